The van der Waals surface area contributed by atoms with Crippen LogP contribution in [0.1, 0.15) is 18.1 Å². The van der Waals surface area contributed by atoms with Gasteiger partial charge < -0.3 is 10.2 Å². The van der Waals surface area contributed by atoms with Crippen LogP contribution >= 0.6 is 11.3 Å². The number of aryl methyl sites for hydroxylation is 1. The maximum atomic E-state index is 10.8. The molecule has 8 heteroatoms. The fourth-order valence-corrected chi connectivity index (χ4v) is 3.82. The minimum Gasteiger partial charge on any atom is -0.392 e. The highest BCUT2D eigenvalue weighted by Gasteiger charge is 2.36. The van der Waals surface area contributed by atoms with Gasteiger partial charge in [-0.05, 0) is 31.5 Å². The van der Waals surface area contributed by atoms with Gasteiger partial charge in [0.25, 0.3) is 0 Å². The first-order valence-corrected chi connectivity index (χ1v) is 10.1. The van der Waals surface area contributed by atoms with E-state index in [1.165, 1.54) is 21.9 Å². The van der Waals surface area contributed by atoms with Crippen LogP contribution in [0.3, 0.4) is 0 Å². The van der Waals surface area contributed by atoms with Gasteiger partial charge in [0.2, 0.25) is 5.13 Å². The highest BCUT2D eigenvalue weighted by atomic mass is 32.1. The third kappa shape index (κ3) is 4.09. The summed E-state index contributed by atoms with van der Waals surface area (Å²) in [4.78, 5) is 4.63. The van der Waals surface area contributed by atoms with Crippen LogP contribution in [0, 0.1) is 6.92 Å². The third-order valence-electron chi connectivity index (χ3n) is 4.65. The molecular formula is C21H21N5O2S. The molecule has 0 saturated carbocycles. The molecule has 0 aliphatic carbocycles. The van der Waals surface area contributed by atoms with Gasteiger partial charge in [0.15, 0.2) is 12.3 Å². The van der Waals surface area contributed by atoms with Crippen molar-refractivity contribution in [3.8, 4) is 11.3 Å². The van der Waals surface area contributed by atoms with Gasteiger partial charge in [0, 0.05) is 10.9 Å². The molecule has 1 aromatic heterocycles. The maximum absolute atomic E-state index is 10.8. The molecule has 7 nitrogen and oxygen atoms in total. The molecule has 148 valence electrons. The molecule has 0 bridgehead atoms. The standard InChI is InChI=1S/C21H21N5O2S/c1-13-6-8-16(9-7-13)18-12-29-21(22-18)26-20(28)19(14(2)25-26)24-23-17-5-3-4-15(10-17)11-27/h3-10,12,19-20,27-28H,11H2,1-2H3/b24-23+. The predicted octanol–water partition coefficient (Wildman–Crippen LogP) is 4.28. The zero-order valence-corrected chi connectivity index (χ0v) is 16.9. The van der Waals surface area contributed by atoms with E-state index in [2.05, 4.69) is 20.3 Å². The molecule has 4 rings (SSSR count). The molecule has 2 aromatic carbocycles. The summed E-state index contributed by atoms with van der Waals surface area (Å²) in [6.45, 7) is 3.80. The number of rotatable bonds is 5. The number of thiazole rings is 1. The average molecular weight is 407 g/mol. The number of anilines is 1. The van der Waals surface area contributed by atoms with Gasteiger partial charge in [-0.2, -0.15) is 15.3 Å². The van der Waals surface area contributed by atoms with Crippen molar-refractivity contribution >= 4 is 27.9 Å². The van der Waals surface area contributed by atoms with Gasteiger partial charge >= 0.3 is 0 Å². The fourth-order valence-electron chi connectivity index (χ4n) is 3.01. The van der Waals surface area contributed by atoms with Crippen LogP contribution in [0.5, 0.6) is 0 Å². The van der Waals surface area contributed by atoms with E-state index in [0.29, 0.717) is 16.5 Å². The van der Waals surface area contributed by atoms with E-state index in [4.69, 9.17) is 0 Å². The molecule has 0 saturated heterocycles. The van der Waals surface area contributed by atoms with E-state index in [1.54, 1.807) is 18.2 Å². The molecule has 0 amide bonds. The van der Waals surface area contributed by atoms with Gasteiger partial charge in [-0.15, -0.1) is 11.3 Å². The van der Waals surface area contributed by atoms with Crippen LogP contribution < -0.4 is 5.01 Å². The summed E-state index contributed by atoms with van der Waals surface area (Å²) in [6, 6.07) is 14.7. The van der Waals surface area contributed by atoms with Crippen LogP contribution in [-0.2, 0) is 6.61 Å². The summed E-state index contributed by atoms with van der Waals surface area (Å²) in [5.41, 5.74) is 5.09. The third-order valence-corrected chi connectivity index (χ3v) is 5.48. The first-order chi connectivity index (χ1) is 14.0. The monoisotopic (exact) mass is 407 g/mol. The van der Waals surface area contributed by atoms with Crippen molar-refractivity contribution in [3.05, 3.63) is 65.0 Å². The van der Waals surface area contributed by atoms with Crippen molar-refractivity contribution in [3.63, 3.8) is 0 Å². The zero-order chi connectivity index (χ0) is 20.4. The lowest BCUT2D eigenvalue weighted by atomic mass is 10.1. The average Bonchev–Trinajstić information content (AvgIpc) is 3.32. The minimum atomic E-state index is -0.975. The Morgan fingerprint density at radius 3 is 2.69 bits per heavy atom. The summed E-state index contributed by atoms with van der Waals surface area (Å²) < 4.78 is 0. The summed E-state index contributed by atoms with van der Waals surface area (Å²) in [6.07, 6.45) is -0.975. The Bertz CT molecular complexity index is 1060. The highest BCUT2D eigenvalue weighted by Crippen LogP contribution is 2.32. The number of hydrazone groups is 1. The Hall–Kier alpha value is -2.94. The summed E-state index contributed by atoms with van der Waals surface area (Å²) in [7, 11) is 0. The molecule has 2 unspecified atom stereocenters. The molecule has 1 aliphatic rings. The van der Waals surface area contributed by atoms with Crippen molar-refractivity contribution in [1.82, 2.24) is 4.98 Å². The van der Waals surface area contributed by atoms with E-state index in [-0.39, 0.29) is 6.61 Å². The van der Waals surface area contributed by atoms with Crippen LogP contribution in [0.25, 0.3) is 11.3 Å². The molecule has 0 radical (unpaired) electrons. The Morgan fingerprint density at radius 1 is 1.14 bits per heavy atom. The van der Waals surface area contributed by atoms with Crippen molar-refractivity contribution in [1.29, 1.82) is 0 Å². The second kappa shape index (κ2) is 8.20. The SMILES string of the molecule is CC1=NN(c2nc(-c3ccc(C)cc3)cs2)C(O)C1/N=N/c1cccc(CO)c1. The number of hydrogen-bond acceptors (Lipinski definition) is 8. The van der Waals surface area contributed by atoms with Gasteiger partial charge in [0.1, 0.15) is 0 Å². The van der Waals surface area contributed by atoms with Crippen molar-refractivity contribution in [2.24, 2.45) is 15.3 Å². The molecular weight excluding hydrogens is 386 g/mol. The highest BCUT2D eigenvalue weighted by molar-refractivity contribution is 7.14. The van der Waals surface area contributed by atoms with E-state index < -0.39 is 12.3 Å². The number of hydrogen-bond donors (Lipinski definition) is 2. The van der Waals surface area contributed by atoms with Gasteiger partial charge in [0.05, 0.1) is 23.7 Å². The Morgan fingerprint density at radius 2 is 1.93 bits per heavy atom. The number of aliphatic hydroxyl groups excluding tert-OH is 2. The summed E-state index contributed by atoms with van der Waals surface area (Å²) in [5.74, 6) is 0. The number of nitrogens with zero attached hydrogens (tertiary/aromatic N) is 5. The van der Waals surface area contributed by atoms with Crippen molar-refractivity contribution in [2.45, 2.75) is 32.7 Å². The van der Waals surface area contributed by atoms with E-state index in [9.17, 15) is 10.2 Å². The van der Waals surface area contributed by atoms with Crippen molar-refractivity contribution in [2.75, 3.05) is 5.01 Å². The molecule has 2 heterocycles. The lowest BCUT2D eigenvalue weighted by molar-refractivity contribution is 0.170. The number of benzene rings is 2. The fraction of sp³-hybridized carbons (Fsp3) is 0.238. The van der Waals surface area contributed by atoms with Crippen LogP contribution in [0.15, 0.2) is 69.2 Å². The van der Waals surface area contributed by atoms with Gasteiger partial charge in [-0.1, -0.05) is 42.0 Å². The maximum Gasteiger partial charge on any atom is 0.209 e. The number of azo groups is 1. The van der Waals surface area contributed by atoms with Gasteiger partial charge in [-0.25, -0.2) is 9.99 Å². The predicted molar refractivity (Wildman–Crippen MR) is 115 cm³/mol. The molecule has 0 spiro atoms. The first kappa shape index (κ1) is 19.4. The quantitative estimate of drug-likeness (QED) is 0.618. The molecule has 3 aromatic rings. The molecule has 29 heavy (non-hydrogen) atoms. The summed E-state index contributed by atoms with van der Waals surface area (Å²) >= 11 is 1.42. The molecule has 2 atom stereocenters. The number of aliphatic hydroxyl groups is 2. The Kier molecular flexibility index (Phi) is 5.48. The second-order valence-electron chi connectivity index (χ2n) is 6.87. The Labute approximate surface area is 172 Å². The smallest absolute Gasteiger partial charge is 0.209 e. The van der Waals surface area contributed by atoms with Gasteiger partial charge in [-0.3, -0.25) is 0 Å². The topological polar surface area (TPSA) is 93.7 Å². The molecule has 2 N–H and O–H groups in total. The first-order valence-electron chi connectivity index (χ1n) is 9.21. The molecule has 1 aliphatic heterocycles. The summed E-state index contributed by atoms with van der Waals surface area (Å²) in [5, 5.41) is 37.0. The van der Waals surface area contributed by atoms with E-state index >= 15 is 0 Å². The normalized spacial score (nSPS) is 19.2. The van der Waals surface area contributed by atoms with Crippen LogP contribution in [0.4, 0.5) is 10.8 Å². The van der Waals surface area contributed by atoms with Crippen molar-refractivity contribution < 1.29 is 10.2 Å². The number of aromatic nitrogens is 1. The zero-order valence-electron chi connectivity index (χ0n) is 16.1. The minimum absolute atomic E-state index is 0.0585. The lowest BCUT2D eigenvalue weighted by Gasteiger charge is -2.17. The second-order valence-corrected chi connectivity index (χ2v) is 7.71. The Balaban J connectivity index is 1.52. The van der Waals surface area contributed by atoms with Crippen LogP contribution in [0.2, 0.25) is 0 Å². The van der Waals surface area contributed by atoms with E-state index in [0.717, 1.165) is 16.8 Å². The lowest BCUT2D eigenvalue weighted by Crippen LogP contribution is -2.35. The largest absolute Gasteiger partial charge is 0.392 e. The molecule has 0 fully saturated rings. The van der Waals surface area contributed by atoms with E-state index in [1.807, 2.05) is 49.6 Å². The van der Waals surface area contributed by atoms with Crippen LogP contribution in [-0.4, -0.2) is 33.2 Å².